The van der Waals surface area contributed by atoms with Gasteiger partial charge in [-0.05, 0) is 28.1 Å². The molecule has 1 heterocycles. The van der Waals surface area contributed by atoms with E-state index in [1.165, 1.54) is 6.20 Å². The molecule has 0 radical (unpaired) electrons. The van der Waals surface area contributed by atoms with Gasteiger partial charge in [0.25, 0.3) is 11.3 Å². The Labute approximate surface area is 74.6 Å². The van der Waals surface area contributed by atoms with E-state index in [1.54, 1.807) is 12.1 Å². The van der Waals surface area contributed by atoms with Crippen molar-refractivity contribution in [2.24, 2.45) is 0 Å². The number of pyridine rings is 1. The molecule has 60 valence electrons. The van der Waals surface area contributed by atoms with Gasteiger partial charge in [-0.1, -0.05) is 0 Å². The van der Waals surface area contributed by atoms with Gasteiger partial charge in [0.2, 0.25) is 0 Å². The van der Waals surface area contributed by atoms with Crippen LogP contribution in [0, 0.1) is 0 Å². The summed E-state index contributed by atoms with van der Waals surface area (Å²) < 4.78 is 21.6. The quantitative estimate of drug-likeness (QED) is 0.764. The predicted octanol–water partition coefficient (Wildman–Crippen LogP) is 1.39. The third kappa shape index (κ3) is 2.96. The van der Waals surface area contributed by atoms with Crippen molar-refractivity contribution in [1.29, 1.82) is 0 Å². The molecule has 0 amide bonds. The first-order valence-corrected chi connectivity index (χ1v) is 4.57. The molecule has 1 rings (SSSR count). The normalized spacial score (nSPS) is 12.5. The minimum Gasteiger partial charge on any atom is -0.289 e. The Morgan fingerprint density at radius 2 is 2.36 bits per heavy atom. The average Bonchev–Trinajstić information content (AvgIpc) is 1.93. The van der Waals surface area contributed by atoms with Crippen molar-refractivity contribution >= 4 is 33.0 Å². The van der Waals surface area contributed by atoms with E-state index < -0.39 is 11.3 Å². The van der Waals surface area contributed by atoms with Gasteiger partial charge in [0.1, 0.15) is 5.82 Å². The van der Waals surface area contributed by atoms with Crippen molar-refractivity contribution < 1.29 is 8.76 Å². The lowest BCUT2D eigenvalue weighted by Gasteiger charge is -1.97. The monoisotopic (exact) mass is 236 g/mol. The van der Waals surface area contributed by atoms with Gasteiger partial charge in [-0.15, -0.1) is 0 Å². The van der Waals surface area contributed by atoms with Crippen molar-refractivity contribution in [2.75, 3.05) is 4.72 Å². The summed E-state index contributed by atoms with van der Waals surface area (Å²) in [6.07, 6.45) is 1.54. The van der Waals surface area contributed by atoms with Gasteiger partial charge in [-0.2, -0.15) is 0 Å². The Balaban J connectivity index is 2.74. The van der Waals surface area contributed by atoms with E-state index in [4.69, 9.17) is 4.55 Å². The number of anilines is 1. The molecule has 0 aliphatic carbocycles. The van der Waals surface area contributed by atoms with Gasteiger partial charge in [0, 0.05) is 10.7 Å². The maximum Gasteiger partial charge on any atom is 0.260 e. The molecule has 0 aliphatic rings. The van der Waals surface area contributed by atoms with Crippen molar-refractivity contribution in [3.8, 4) is 0 Å². The summed E-state index contributed by atoms with van der Waals surface area (Å²) in [6, 6.07) is 3.32. The molecule has 0 saturated carbocycles. The number of hydrogen-bond acceptors (Lipinski definition) is 2. The highest BCUT2D eigenvalue weighted by Gasteiger charge is 1.94. The molecule has 4 nitrogen and oxygen atoms in total. The Morgan fingerprint density at radius 3 is 2.82 bits per heavy atom. The zero-order chi connectivity index (χ0) is 8.27. The van der Waals surface area contributed by atoms with Crippen LogP contribution in [-0.2, 0) is 11.3 Å². The van der Waals surface area contributed by atoms with Crippen LogP contribution in [0.4, 0.5) is 5.82 Å². The van der Waals surface area contributed by atoms with Crippen molar-refractivity contribution in [2.45, 2.75) is 0 Å². The van der Waals surface area contributed by atoms with Crippen LogP contribution < -0.4 is 4.72 Å². The molecule has 0 aliphatic heterocycles. The molecule has 2 N–H and O–H groups in total. The van der Waals surface area contributed by atoms with Gasteiger partial charge in [-0.3, -0.25) is 9.27 Å². The summed E-state index contributed by atoms with van der Waals surface area (Å²) in [5, 5.41) is 0. The summed E-state index contributed by atoms with van der Waals surface area (Å²) in [7, 11) is 0. The lowest BCUT2D eigenvalue weighted by atomic mass is 10.5. The Kier molecular flexibility index (Phi) is 2.98. The SMILES string of the molecule is O=S(O)Nc1ccc(Br)cn1. The molecule has 1 atom stereocenters. The standard InChI is InChI=1S/C5H5BrN2O2S/c6-4-1-2-5(7-3-4)8-11(9)10/h1-3H,(H,7,8)(H,9,10). The van der Waals surface area contributed by atoms with E-state index in [0.29, 0.717) is 5.82 Å². The second-order valence-corrected chi connectivity index (χ2v) is 3.33. The van der Waals surface area contributed by atoms with E-state index in [2.05, 4.69) is 25.6 Å². The van der Waals surface area contributed by atoms with Crippen molar-refractivity contribution in [3.63, 3.8) is 0 Å². The zero-order valence-electron chi connectivity index (χ0n) is 5.32. The number of nitrogens with one attached hydrogen (secondary N) is 1. The fourth-order valence-electron chi connectivity index (χ4n) is 0.526. The predicted molar refractivity (Wildman–Crippen MR) is 46.3 cm³/mol. The molecule has 0 aromatic carbocycles. The molecule has 11 heavy (non-hydrogen) atoms. The molecular weight excluding hydrogens is 232 g/mol. The number of rotatable bonds is 2. The number of nitrogens with zero attached hydrogens (tertiary/aromatic N) is 1. The van der Waals surface area contributed by atoms with Crippen LogP contribution in [0.25, 0.3) is 0 Å². The van der Waals surface area contributed by atoms with Crippen LogP contribution in [0.2, 0.25) is 0 Å². The van der Waals surface area contributed by atoms with Gasteiger partial charge in [0.05, 0.1) is 0 Å². The fourth-order valence-corrected chi connectivity index (χ4v) is 1.06. The summed E-state index contributed by atoms with van der Waals surface area (Å²) in [4.78, 5) is 3.81. The van der Waals surface area contributed by atoms with E-state index in [0.717, 1.165) is 4.47 Å². The van der Waals surface area contributed by atoms with E-state index in [-0.39, 0.29) is 0 Å². The molecule has 0 spiro atoms. The zero-order valence-corrected chi connectivity index (χ0v) is 7.72. The second kappa shape index (κ2) is 3.80. The lowest BCUT2D eigenvalue weighted by Crippen LogP contribution is -2.02. The van der Waals surface area contributed by atoms with Gasteiger partial charge in [-0.25, -0.2) is 9.19 Å². The highest BCUT2D eigenvalue weighted by molar-refractivity contribution is 9.10. The summed E-state index contributed by atoms with van der Waals surface area (Å²) in [6.45, 7) is 0. The minimum absolute atomic E-state index is 0.369. The van der Waals surface area contributed by atoms with Crippen molar-refractivity contribution in [3.05, 3.63) is 22.8 Å². The molecule has 0 fully saturated rings. The third-order valence-electron chi connectivity index (χ3n) is 0.919. The summed E-state index contributed by atoms with van der Waals surface area (Å²) >= 11 is 1.13. The molecule has 6 heteroatoms. The first-order chi connectivity index (χ1) is 5.18. The maximum absolute atomic E-state index is 10.2. The van der Waals surface area contributed by atoms with Crippen LogP contribution in [0.1, 0.15) is 0 Å². The highest BCUT2D eigenvalue weighted by atomic mass is 79.9. The molecule has 1 unspecified atom stereocenters. The first kappa shape index (κ1) is 8.63. The third-order valence-corrected chi connectivity index (χ3v) is 1.77. The van der Waals surface area contributed by atoms with Gasteiger partial charge in [0.15, 0.2) is 0 Å². The average molecular weight is 237 g/mol. The van der Waals surface area contributed by atoms with E-state index in [1.807, 2.05) is 0 Å². The minimum atomic E-state index is -2.05. The largest absolute Gasteiger partial charge is 0.289 e. The number of aromatic nitrogens is 1. The lowest BCUT2D eigenvalue weighted by molar-refractivity contribution is 0.570. The maximum atomic E-state index is 10.2. The van der Waals surface area contributed by atoms with Gasteiger partial charge >= 0.3 is 0 Å². The van der Waals surface area contributed by atoms with E-state index >= 15 is 0 Å². The van der Waals surface area contributed by atoms with Crippen LogP contribution in [-0.4, -0.2) is 13.7 Å². The Hall–Kier alpha value is -0.460. The molecule has 1 aromatic rings. The topological polar surface area (TPSA) is 62.2 Å². The van der Waals surface area contributed by atoms with Gasteiger partial charge < -0.3 is 0 Å². The number of hydrogen-bond donors (Lipinski definition) is 2. The molecule has 1 aromatic heterocycles. The van der Waals surface area contributed by atoms with Crippen LogP contribution >= 0.6 is 15.9 Å². The Morgan fingerprint density at radius 1 is 1.64 bits per heavy atom. The molecular formula is C5H5BrN2O2S. The fraction of sp³-hybridized carbons (Fsp3) is 0. The summed E-state index contributed by atoms with van der Waals surface area (Å²) in [5.41, 5.74) is 0. The summed E-state index contributed by atoms with van der Waals surface area (Å²) in [5.74, 6) is 0.369. The Bertz CT molecular complexity index is 264. The highest BCUT2D eigenvalue weighted by Crippen LogP contribution is 2.10. The molecule has 0 saturated heterocycles. The van der Waals surface area contributed by atoms with Crippen LogP contribution in [0.5, 0.6) is 0 Å². The second-order valence-electron chi connectivity index (χ2n) is 1.71. The number of halogens is 1. The smallest absolute Gasteiger partial charge is 0.260 e. The van der Waals surface area contributed by atoms with Crippen molar-refractivity contribution in [1.82, 2.24) is 4.98 Å². The van der Waals surface area contributed by atoms with E-state index in [9.17, 15) is 4.21 Å². The first-order valence-electron chi connectivity index (χ1n) is 2.67. The molecule has 0 bridgehead atoms. The van der Waals surface area contributed by atoms with Crippen LogP contribution in [0.3, 0.4) is 0 Å². The van der Waals surface area contributed by atoms with Crippen LogP contribution in [0.15, 0.2) is 22.8 Å².